The minimum Gasteiger partial charge on any atom is -0.451 e. The summed E-state index contributed by atoms with van der Waals surface area (Å²) in [6.07, 6.45) is -1.00. The molecule has 0 aliphatic heterocycles. The van der Waals surface area contributed by atoms with Crippen LogP contribution in [0.3, 0.4) is 0 Å². The topological polar surface area (TPSA) is 73.2 Å². The first-order chi connectivity index (χ1) is 14.8. The van der Waals surface area contributed by atoms with Crippen LogP contribution in [0.4, 0.5) is 8.78 Å². The fraction of sp³-hybridized carbons (Fsp3) is 0.318. The standard InChI is InChI=1S/C22H23F2N3O3S/c1-13(2)25-19(28)12-31-18-11-7-4-8-15(18)21(29)30-14(3)20-26-16-9-5-6-10-17(16)27(20)22(23)24/h4-11,13-14,22H,12H2,1-3H3,(H,25,28). The van der Waals surface area contributed by atoms with E-state index in [4.69, 9.17) is 4.74 Å². The summed E-state index contributed by atoms with van der Waals surface area (Å²) >= 11 is 1.21. The molecule has 2 aromatic carbocycles. The van der Waals surface area contributed by atoms with E-state index in [1.165, 1.54) is 18.7 Å². The quantitative estimate of drug-likeness (QED) is 0.390. The number of alkyl halides is 2. The first-order valence-electron chi connectivity index (χ1n) is 9.75. The van der Waals surface area contributed by atoms with Gasteiger partial charge in [-0.25, -0.2) is 9.78 Å². The predicted octanol–water partition coefficient (Wildman–Crippen LogP) is 4.97. The van der Waals surface area contributed by atoms with Crippen LogP contribution in [0.2, 0.25) is 0 Å². The van der Waals surface area contributed by atoms with Crippen molar-refractivity contribution in [3.05, 3.63) is 59.9 Å². The zero-order valence-corrected chi connectivity index (χ0v) is 18.2. The Morgan fingerprint density at radius 2 is 1.77 bits per heavy atom. The van der Waals surface area contributed by atoms with Gasteiger partial charge in [-0.2, -0.15) is 8.78 Å². The Hall–Kier alpha value is -2.94. The van der Waals surface area contributed by atoms with Crippen molar-refractivity contribution in [3.63, 3.8) is 0 Å². The number of amides is 1. The number of benzene rings is 2. The third kappa shape index (κ3) is 5.41. The van der Waals surface area contributed by atoms with Crippen LogP contribution in [0, 0.1) is 0 Å². The second-order valence-electron chi connectivity index (χ2n) is 7.16. The summed E-state index contributed by atoms with van der Waals surface area (Å²) in [6.45, 7) is 2.40. The molecule has 1 unspecified atom stereocenters. The SMILES string of the molecule is CC(C)NC(=O)CSc1ccccc1C(=O)OC(C)c1nc2ccccc2n1C(F)F. The monoisotopic (exact) mass is 447 g/mol. The zero-order valence-electron chi connectivity index (χ0n) is 17.3. The molecule has 0 aliphatic carbocycles. The molecule has 1 N–H and O–H groups in total. The highest BCUT2D eigenvalue weighted by atomic mass is 32.2. The van der Waals surface area contributed by atoms with Gasteiger partial charge >= 0.3 is 12.5 Å². The average Bonchev–Trinajstić information content (AvgIpc) is 3.12. The number of hydrogen-bond acceptors (Lipinski definition) is 5. The Kier molecular flexibility index (Phi) is 7.27. The normalized spacial score (nSPS) is 12.4. The predicted molar refractivity (Wildman–Crippen MR) is 115 cm³/mol. The highest BCUT2D eigenvalue weighted by Gasteiger charge is 2.25. The van der Waals surface area contributed by atoms with Gasteiger partial charge in [-0.05, 0) is 45.0 Å². The highest BCUT2D eigenvalue weighted by Crippen LogP contribution is 2.30. The number of halogens is 2. The van der Waals surface area contributed by atoms with E-state index in [0.717, 1.165) is 4.57 Å². The molecule has 3 aromatic rings. The van der Waals surface area contributed by atoms with Crippen molar-refractivity contribution in [2.75, 3.05) is 5.75 Å². The summed E-state index contributed by atoms with van der Waals surface area (Å²) in [5.41, 5.74) is 0.923. The lowest BCUT2D eigenvalue weighted by Crippen LogP contribution is -2.31. The summed E-state index contributed by atoms with van der Waals surface area (Å²) in [5, 5.41) is 2.79. The highest BCUT2D eigenvalue weighted by molar-refractivity contribution is 8.00. The molecule has 0 radical (unpaired) electrons. The molecule has 6 nitrogen and oxygen atoms in total. The molecule has 1 atom stereocenters. The van der Waals surface area contributed by atoms with Crippen molar-refractivity contribution in [1.29, 1.82) is 0 Å². The number of aromatic nitrogens is 2. The molecule has 0 aliphatic rings. The van der Waals surface area contributed by atoms with Crippen LogP contribution >= 0.6 is 11.8 Å². The van der Waals surface area contributed by atoms with E-state index in [1.807, 2.05) is 13.8 Å². The van der Waals surface area contributed by atoms with Crippen LogP contribution in [0.15, 0.2) is 53.4 Å². The molecule has 0 fully saturated rings. The Labute approximate surface area is 183 Å². The fourth-order valence-electron chi connectivity index (χ4n) is 3.10. The van der Waals surface area contributed by atoms with E-state index in [0.29, 0.717) is 10.4 Å². The van der Waals surface area contributed by atoms with Gasteiger partial charge in [0.25, 0.3) is 0 Å². The summed E-state index contributed by atoms with van der Waals surface area (Å²) in [6, 6.07) is 13.2. The fourth-order valence-corrected chi connectivity index (χ4v) is 3.95. The summed E-state index contributed by atoms with van der Waals surface area (Å²) < 4.78 is 33.6. The maximum Gasteiger partial charge on any atom is 0.339 e. The van der Waals surface area contributed by atoms with Crippen molar-refractivity contribution in [2.45, 2.75) is 44.4 Å². The molecule has 1 amide bonds. The summed E-state index contributed by atoms with van der Waals surface area (Å²) in [4.78, 5) is 29.5. The van der Waals surface area contributed by atoms with Crippen LogP contribution in [0.1, 0.15) is 49.6 Å². The van der Waals surface area contributed by atoms with Crippen molar-refractivity contribution in [1.82, 2.24) is 14.9 Å². The molecule has 0 saturated heterocycles. The Morgan fingerprint density at radius 1 is 1.10 bits per heavy atom. The van der Waals surface area contributed by atoms with Gasteiger partial charge in [-0.15, -0.1) is 11.8 Å². The first-order valence-corrected chi connectivity index (χ1v) is 10.7. The molecule has 31 heavy (non-hydrogen) atoms. The lowest BCUT2D eigenvalue weighted by atomic mass is 10.2. The zero-order chi connectivity index (χ0) is 22.5. The molecular formula is C22H23F2N3O3S. The summed E-state index contributed by atoms with van der Waals surface area (Å²) in [7, 11) is 0. The van der Waals surface area contributed by atoms with E-state index >= 15 is 0 Å². The van der Waals surface area contributed by atoms with Crippen LogP contribution in [0.5, 0.6) is 0 Å². The largest absolute Gasteiger partial charge is 0.451 e. The number of thioether (sulfide) groups is 1. The second-order valence-corrected chi connectivity index (χ2v) is 8.18. The number of carbonyl (C=O) groups excluding carboxylic acids is 2. The molecule has 0 spiro atoms. The van der Waals surface area contributed by atoms with E-state index in [-0.39, 0.29) is 34.6 Å². The molecule has 0 saturated carbocycles. The van der Waals surface area contributed by atoms with Gasteiger partial charge in [0.15, 0.2) is 11.9 Å². The molecule has 0 bridgehead atoms. The van der Waals surface area contributed by atoms with Crippen LogP contribution in [0.25, 0.3) is 11.0 Å². The van der Waals surface area contributed by atoms with Gasteiger partial charge in [0.05, 0.1) is 22.3 Å². The van der Waals surface area contributed by atoms with E-state index < -0.39 is 18.6 Å². The van der Waals surface area contributed by atoms with Crippen molar-refractivity contribution < 1.29 is 23.1 Å². The van der Waals surface area contributed by atoms with Crippen molar-refractivity contribution in [3.8, 4) is 0 Å². The maximum absolute atomic E-state index is 13.7. The van der Waals surface area contributed by atoms with Gasteiger partial charge in [0, 0.05) is 10.9 Å². The van der Waals surface area contributed by atoms with Crippen molar-refractivity contribution >= 4 is 34.7 Å². The molecule has 3 rings (SSSR count). The van der Waals surface area contributed by atoms with Gasteiger partial charge in [0.1, 0.15) is 0 Å². The number of rotatable bonds is 8. The number of nitrogens with zero attached hydrogens (tertiary/aromatic N) is 2. The molecule has 1 aromatic heterocycles. The van der Waals surface area contributed by atoms with E-state index in [9.17, 15) is 18.4 Å². The number of esters is 1. The lowest BCUT2D eigenvalue weighted by Gasteiger charge is -2.16. The minimum absolute atomic E-state index is 0.0169. The molecule has 9 heteroatoms. The number of carbonyl (C=O) groups is 2. The van der Waals surface area contributed by atoms with Crippen LogP contribution in [-0.4, -0.2) is 33.2 Å². The van der Waals surface area contributed by atoms with Crippen LogP contribution < -0.4 is 5.32 Å². The number of ether oxygens (including phenoxy) is 1. The van der Waals surface area contributed by atoms with Crippen molar-refractivity contribution in [2.24, 2.45) is 0 Å². The lowest BCUT2D eigenvalue weighted by molar-refractivity contribution is -0.119. The third-order valence-electron chi connectivity index (χ3n) is 4.38. The maximum atomic E-state index is 13.7. The Morgan fingerprint density at radius 3 is 2.48 bits per heavy atom. The second kappa shape index (κ2) is 9.91. The molecule has 164 valence electrons. The Bertz CT molecular complexity index is 1080. The molecule has 1 heterocycles. The number of hydrogen-bond donors (Lipinski definition) is 1. The van der Waals surface area contributed by atoms with Gasteiger partial charge in [-0.3, -0.25) is 9.36 Å². The number of imidazole rings is 1. The van der Waals surface area contributed by atoms with E-state index in [1.54, 1.807) is 48.5 Å². The third-order valence-corrected chi connectivity index (χ3v) is 5.45. The summed E-state index contributed by atoms with van der Waals surface area (Å²) in [5.74, 6) is -0.722. The van der Waals surface area contributed by atoms with E-state index in [2.05, 4.69) is 10.3 Å². The number of fused-ring (bicyclic) bond motifs is 1. The van der Waals surface area contributed by atoms with Gasteiger partial charge < -0.3 is 10.1 Å². The average molecular weight is 448 g/mol. The minimum atomic E-state index is -2.83. The van der Waals surface area contributed by atoms with Gasteiger partial charge in [-0.1, -0.05) is 24.3 Å². The Balaban J connectivity index is 1.79. The smallest absolute Gasteiger partial charge is 0.339 e. The van der Waals surface area contributed by atoms with Gasteiger partial charge in [0.2, 0.25) is 5.91 Å². The van der Waals surface area contributed by atoms with Crippen LogP contribution in [-0.2, 0) is 9.53 Å². The number of nitrogens with one attached hydrogen (secondary N) is 1. The first kappa shape index (κ1) is 22.7. The molecular weight excluding hydrogens is 424 g/mol. The number of para-hydroxylation sites is 2.